The molecule has 158 valence electrons. The van der Waals surface area contributed by atoms with Crippen LogP contribution in [0.1, 0.15) is 51.9 Å². The Kier molecular flexibility index (Phi) is 5.67. The number of nitrogens with one attached hydrogen (secondary N) is 1. The van der Waals surface area contributed by atoms with Gasteiger partial charge in [0.2, 0.25) is 0 Å². The molecule has 5 nitrogen and oxygen atoms in total. The number of fused-ring (bicyclic) bond motifs is 5. The highest BCUT2D eigenvalue weighted by Gasteiger charge is 2.36. The van der Waals surface area contributed by atoms with Crippen LogP contribution in [0.5, 0.6) is 0 Å². The standard InChI is InChI=1S/C23H27N3O2S2/c1-28-13-6-11-24-23(27)26-15-17-16-7-2-3-9-19(16)30-22(17)25-12-4-8-18(25)21(26)20-10-5-14-29-20/h4-5,8,10,12,14,21H,2-3,6-7,9,11,13,15H2,1H3,(H,24,27)/t21-/m0/s1. The molecular weight excluding hydrogens is 414 g/mol. The fourth-order valence-electron chi connectivity index (χ4n) is 4.65. The summed E-state index contributed by atoms with van der Waals surface area (Å²) in [5, 5.41) is 6.54. The second kappa shape index (κ2) is 8.57. The number of carbonyl (C=O) groups is 1. The van der Waals surface area contributed by atoms with Crippen LogP contribution < -0.4 is 5.32 Å². The second-order valence-corrected chi connectivity index (χ2v) is 9.98. The summed E-state index contributed by atoms with van der Waals surface area (Å²) in [6.45, 7) is 1.93. The van der Waals surface area contributed by atoms with E-state index in [1.165, 1.54) is 50.8 Å². The number of hydrogen-bond acceptors (Lipinski definition) is 4. The van der Waals surface area contributed by atoms with Crippen LogP contribution in [0.25, 0.3) is 5.00 Å². The topological polar surface area (TPSA) is 46.5 Å². The SMILES string of the molecule is COCCCNC(=O)N1Cc2c(sc3c2CCCC3)-n2cccc2[C@H]1c1cccs1. The van der Waals surface area contributed by atoms with E-state index in [1.54, 1.807) is 18.4 Å². The fourth-order valence-corrected chi connectivity index (χ4v) is 6.90. The Morgan fingerprint density at radius 3 is 2.97 bits per heavy atom. The summed E-state index contributed by atoms with van der Waals surface area (Å²) in [5.41, 5.74) is 4.00. The van der Waals surface area contributed by atoms with Gasteiger partial charge in [-0.15, -0.1) is 22.7 Å². The highest BCUT2D eigenvalue weighted by atomic mass is 32.1. The van der Waals surface area contributed by atoms with Crippen molar-refractivity contribution in [2.75, 3.05) is 20.3 Å². The van der Waals surface area contributed by atoms with Crippen molar-refractivity contribution in [3.63, 3.8) is 0 Å². The molecule has 0 radical (unpaired) electrons. The summed E-state index contributed by atoms with van der Waals surface area (Å²) in [4.78, 5) is 18.2. The van der Waals surface area contributed by atoms with Crippen molar-refractivity contribution in [2.45, 2.75) is 44.7 Å². The molecule has 2 aliphatic rings. The van der Waals surface area contributed by atoms with Crippen molar-refractivity contribution >= 4 is 28.7 Å². The molecule has 3 aromatic rings. The van der Waals surface area contributed by atoms with Crippen LogP contribution in [0.15, 0.2) is 35.8 Å². The van der Waals surface area contributed by atoms with Gasteiger partial charge in [0.25, 0.3) is 0 Å². The van der Waals surface area contributed by atoms with Gasteiger partial charge in [-0.3, -0.25) is 0 Å². The summed E-state index contributed by atoms with van der Waals surface area (Å²) in [6.07, 6.45) is 7.79. The Morgan fingerprint density at radius 1 is 1.23 bits per heavy atom. The Balaban J connectivity index is 1.57. The second-order valence-electron chi connectivity index (χ2n) is 7.92. The molecule has 5 rings (SSSR count). The molecule has 0 saturated heterocycles. The Bertz CT molecular complexity index is 1020. The zero-order valence-corrected chi connectivity index (χ0v) is 18.9. The number of thiophene rings is 2. The molecule has 0 saturated carbocycles. The van der Waals surface area contributed by atoms with Gasteiger partial charge in [0.05, 0.1) is 12.2 Å². The minimum atomic E-state index is -0.0822. The van der Waals surface area contributed by atoms with Crippen LogP contribution in [-0.4, -0.2) is 35.8 Å². The van der Waals surface area contributed by atoms with Crippen LogP contribution in [-0.2, 0) is 24.1 Å². The molecule has 0 aromatic carbocycles. The molecule has 1 N–H and O–H groups in total. The summed E-state index contributed by atoms with van der Waals surface area (Å²) in [7, 11) is 1.69. The van der Waals surface area contributed by atoms with Crippen molar-refractivity contribution in [3.8, 4) is 5.00 Å². The van der Waals surface area contributed by atoms with Crippen molar-refractivity contribution in [3.05, 3.63) is 62.4 Å². The molecule has 3 aromatic heterocycles. The first-order valence-electron chi connectivity index (χ1n) is 10.7. The van der Waals surface area contributed by atoms with Crippen LogP contribution in [0, 0.1) is 0 Å². The molecule has 2 amide bonds. The molecule has 7 heteroatoms. The van der Waals surface area contributed by atoms with Crippen molar-refractivity contribution in [2.24, 2.45) is 0 Å². The maximum Gasteiger partial charge on any atom is 0.318 e. The van der Waals surface area contributed by atoms with Gasteiger partial charge in [0, 0.05) is 41.8 Å². The number of aryl methyl sites for hydroxylation is 1. The minimum absolute atomic E-state index is 0.000799. The quantitative estimate of drug-likeness (QED) is 0.558. The number of nitrogens with zero attached hydrogens (tertiary/aromatic N) is 2. The van der Waals surface area contributed by atoms with E-state index >= 15 is 0 Å². The van der Waals surface area contributed by atoms with Crippen molar-refractivity contribution in [1.82, 2.24) is 14.8 Å². The lowest BCUT2D eigenvalue weighted by Gasteiger charge is -2.30. The van der Waals surface area contributed by atoms with Crippen molar-refractivity contribution in [1.29, 1.82) is 0 Å². The van der Waals surface area contributed by atoms with E-state index in [0.29, 0.717) is 19.7 Å². The summed E-state index contributed by atoms with van der Waals surface area (Å²) >= 11 is 3.64. The summed E-state index contributed by atoms with van der Waals surface area (Å²) in [5.74, 6) is 0. The summed E-state index contributed by atoms with van der Waals surface area (Å²) < 4.78 is 7.47. The first kappa shape index (κ1) is 19.8. The lowest BCUT2D eigenvalue weighted by molar-refractivity contribution is 0.174. The predicted octanol–water partition coefficient (Wildman–Crippen LogP) is 5.13. The van der Waals surface area contributed by atoms with Crippen LogP contribution in [0.4, 0.5) is 4.79 Å². The maximum absolute atomic E-state index is 13.4. The zero-order chi connectivity index (χ0) is 20.5. The van der Waals surface area contributed by atoms with Gasteiger partial charge in [-0.05, 0) is 61.2 Å². The van der Waals surface area contributed by atoms with Crippen LogP contribution >= 0.6 is 22.7 Å². The van der Waals surface area contributed by atoms with E-state index < -0.39 is 0 Å². The number of urea groups is 1. The molecular formula is C23H27N3O2S2. The fraction of sp³-hybridized carbons (Fsp3) is 0.435. The number of amides is 2. The van der Waals surface area contributed by atoms with E-state index in [0.717, 1.165) is 12.8 Å². The lowest BCUT2D eigenvalue weighted by Crippen LogP contribution is -2.42. The van der Waals surface area contributed by atoms with E-state index in [2.05, 4.69) is 45.7 Å². The number of aromatic nitrogens is 1. The largest absolute Gasteiger partial charge is 0.385 e. The van der Waals surface area contributed by atoms with Crippen molar-refractivity contribution < 1.29 is 9.53 Å². The van der Waals surface area contributed by atoms with Gasteiger partial charge in [0.1, 0.15) is 11.0 Å². The van der Waals surface area contributed by atoms with Gasteiger partial charge in [-0.2, -0.15) is 0 Å². The molecule has 0 unspecified atom stereocenters. The predicted molar refractivity (Wildman–Crippen MR) is 122 cm³/mol. The van der Waals surface area contributed by atoms with Gasteiger partial charge < -0.3 is 19.5 Å². The zero-order valence-electron chi connectivity index (χ0n) is 17.2. The number of carbonyl (C=O) groups excluding carboxylic acids is 1. The molecule has 30 heavy (non-hydrogen) atoms. The third kappa shape index (κ3) is 3.49. The monoisotopic (exact) mass is 441 g/mol. The highest BCUT2D eigenvalue weighted by molar-refractivity contribution is 7.15. The number of rotatable bonds is 5. The van der Waals surface area contributed by atoms with Gasteiger partial charge >= 0.3 is 6.03 Å². The number of methoxy groups -OCH3 is 1. The molecule has 0 spiro atoms. The average molecular weight is 442 g/mol. The number of hydrogen-bond donors (Lipinski definition) is 1. The first-order valence-corrected chi connectivity index (χ1v) is 12.4. The molecule has 1 atom stereocenters. The Labute approximate surface area is 185 Å². The number of ether oxygens (including phenoxy) is 1. The highest BCUT2D eigenvalue weighted by Crippen LogP contribution is 2.44. The van der Waals surface area contributed by atoms with E-state index in [1.807, 2.05) is 16.2 Å². The maximum atomic E-state index is 13.4. The normalized spacial score (nSPS) is 17.8. The molecule has 0 fully saturated rings. The van der Waals surface area contributed by atoms with Gasteiger partial charge in [-0.1, -0.05) is 6.07 Å². The first-order chi connectivity index (χ1) is 14.8. The molecule has 1 aliphatic heterocycles. The third-order valence-electron chi connectivity index (χ3n) is 6.05. The summed E-state index contributed by atoms with van der Waals surface area (Å²) in [6, 6.07) is 8.42. The molecule has 1 aliphatic carbocycles. The van der Waals surface area contributed by atoms with Gasteiger partial charge in [-0.25, -0.2) is 4.79 Å². The van der Waals surface area contributed by atoms with Crippen LogP contribution in [0.2, 0.25) is 0 Å². The molecule has 0 bridgehead atoms. The lowest BCUT2D eigenvalue weighted by atomic mass is 9.95. The van der Waals surface area contributed by atoms with Crippen LogP contribution in [0.3, 0.4) is 0 Å². The minimum Gasteiger partial charge on any atom is -0.385 e. The average Bonchev–Trinajstić information content (AvgIpc) is 3.50. The van der Waals surface area contributed by atoms with E-state index in [-0.39, 0.29) is 12.1 Å². The van der Waals surface area contributed by atoms with E-state index in [4.69, 9.17) is 4.74 Å². The van der Waals surface area contributed by atoms with Gasteiger partial charge in [0.15, 0.2) is 0 Å². The van der Waals surface area contributed by atoms with E-state index in [9.17, 15) is 4.79 Å². The molecule has 4 heterocycles. The Hall–Kier alpha value is -2.09. The Morgan fingerprint density at radius 2 is 2.13 bits per heavy atom. The third-order valence-corrected chi connectivity index (χ3v) is 8.31. The smallest absolute Gasteiger partial charge is 0.318 e.